The third kappa shape index (κ3) is 11.9. The van der Waals surface area contributed by atoms with Crippen LogP contribution in [0.15, 0.2) is 84.9 Å². The van der Waals surface area contributed by atoms with Crippen LogP contribution >= 0.6 is 0 Å². The third-order valence-corrected chi connectivity index (χ3v) is 13.7. The molecule has 2 fully saturated rings. The van der Waals surface area contributed by atoms with Gasteiger partial charge < -0.3 is 29.8 Å². The van der Waals surface area contributed by atoms with E-state index in [1.54, 1.807) is 50.2 Å². The molecule has 9 nitrogen and oxygen atoms in total. The Morgan fingerprint density at radius 2 is 0.922 bits per heavy atom. The zero-order valence-corrected chi connectivity index (χ0v) is 38.6. The number of piperidine rings is 2. The molecule has 6 rings (SSSR count). The van der Waals surface area contributed by atoms with Crippen molar-refractivity contribution in [1.29, 1.82) is 0 Å². The van der Waals surface area contributed by atoms with Crippen molar-refractivity contribution < 1.29 is 33.4 Å². The first-order valence-electron chi connectivity index (χ1n) is 23.1. The number of hydrogen-bond acceptors (Lipinski definition) is 9. The average molecular weight is 879 g/mol. The van der Waals surface area contributed by atoms with E-state index in [0.717, 1.165) is 51.6 Å². The summed E-state index contributed by atoms with van der Waals surface area (Å²) < 4.78 is 31.5. The van der Waals surface area contributed by atoms with Gasteiger partial charge in [-0.25, -0.2) is 8.78 Å². The maximum Gasteiger partial charge on any atom is 0.167 e. The van der Waals surface area contributed by atoms with E-state index >= 15 is 13.6 Å². The van der Waals surface area contributed by atoms with Gasteiger partial charge in [0.25, 0.3) is 0 Å². The van der Waals surface area contributed by atoms with Gasteiger partial charge in [0.1, 0.15) is 28.9 Å². The Morgan fingerprint density at radius 3 is 1.30 bits per heavy atom. The molecule has 0 saturated carbocycles. The third-order valence-electron chi connectivity index (χ3n) is 13.7. The largest absolute Gasteiger partial charge is 0.508 e. The maximum atomic E-state index is 16.3. The van der Waals surface area contributed by atoms with Crippen molar-refractivity contribution in [3.05, 3.63) is 130 Å². The summed E-state index contributed by atoms with van der Waals surface area (Å²) in [6, 6.07) is 22.2. The molecule has 2 N–H and O–H groups in total. The normalized spacial score (nSPS) is 22.0. The Balaban J connectivity index is 1.50. The molecule has 2 saturated heterocycles. The lowest BCUT2D eigenvalue weighted by Crippen LogP contribution is -2.56. The summed E-state index contributed by atoms with van der Waals surface area (Å²) in [6.45, 7) is 7.87. The summed E-state index contributed by atoms with van der Waals surface area (Å²) in [5.74, 6) is -6.22. The Hall–Kier alpha value is -4.81. The zero-order chi connectivity index (χ0) is 46.1. The number of halogens is 2. The molecule has 344 valence electrons. The Morgan fingerprint density at radius 1 is 0.547 bits per heavy atom. The standard InChI is InChI=1S/C53H68F2N4O5/c1-35-41(21-15-23-47(35)54)49-43(51(62)37-17-13-19-39(60)29-37)31-58(27-11-7-9-25-56(3)4)33-45(49)53(64)46-34-59(28-12-8-10-26-57(5)6)32-44(52(63)38-18-14-20-40(61)30-38)50(46)42-22-16-24-48(55)36(42)2/h13-24,29-30,43-46,49-50,60-61H,7-12,25-28,31-34H2,1-6H3/t43-,44?,45+,46?,49-,50?/m0/s1. The van der Waals surface area contributed by atoms with Gasteiger partial charge in [0, 0.05) is 72.8 Å². The first kappa shape index (κ1) is 48.6. The van der Waals surface area contributed by atoms with Gasteiger partial charge in [-0.1, -0.05) is 61.4 Å². The number of unbranched alkanes of at least 4 members (excludes halogenated alkanes) is 4. The van der Waals surface area contributed by atoms with E-state index in [2.05, 4.69) is 19.6 Å². The first-order valence-corrected chi connectivity index (χ1v) is 23.1. The van der Waals surface area contributed by atoms with E-state index in [0.29, 0.717) is 72.6 Å². The van der Waals surface area contributed by atoms with Crippen molar-refractivity contribution in [2.75, 3.05) is 80.5 Å². The minimum absolute atomic E-state index is 0.0507. The fourth-order valence-electron chi connectivity index (χ4n) is 10.4. The Kier molecular flexibility index (Phi) is 17.0. The molecular formula is C53H68F2N4O5. The number of hydrogen-bond donors (Lipinski definition) is 2. The topological polar surface area (TPSA) is 105 Å². The zero-order valence-electron chi connectivity index (χ0n) is 38.6. The molecule has 0 aromatic heterocycles. The number of phenols is 2. The van der Waals surface area contributed by atoms with Crippen molar-refractivity contribution in [3.8, 4) is 11.5 Å². The molecule has 2 aliphatic heterocycles. The highest BCUT2D eigenvalue weighted by Gasteiger charge is 2.51. The van der Waals surface area contributed by atoms with Gasteiger partial charge in [-0.15, -0.1) is 0 Å². The van der Waals surface area contributed by atoms with Gasteiger partial charge in [-0.05, 0) is 153 Å². The number of rotatable bonds is 20. The minimum Gasteiger partial charge on any atom is -0.508 e. The highest BCUT2D eigenvalue weighted by molar-refractivity contribution is 6.01. The van der Waals surface area contributed by atoms with Crippen molar-refractivity contribution in [1.82, 2.24) is 19.6 Å². The van der Waals surface area contributed by atoms with Crippen LogP contribution in [0.4, 0.5) is 8.78 Å². The van der Waals surface area contributed by atoms with Crippen LogP contribution in [0.2, 0.25) is 0 Å². The Bertz CT molecular complexity index is 2080. The van der Waals surface area contributed by atoms with Gasteiger partial charge in [-0.3, -0.25) is 14.4 Å². The molecule has 2 heterocycles. The molecule has 64 heavy (non-hydrogen) atoms. The van der Waals surface area contributed by atoms with Crippen LogP contribution in [-0.2, 0) is 4.79 Å². The van der Waals surface area contributed by atoms with Gasteiger partial charge >= 0.3 is 0 Å². The Labute approximate surface area is 379 Å². The monoisotopic (exact) mass is 879 g/mol. The molecule has 0 amide bonds. The van der Waals surface area contributed by atoms with Crippen LogP contribution in [0, 0.1) is 49.2 Å². The molecule has 4 aromatic carbocycles. The lowest BCUT2D eigenvalue weighted by molar-refractivity contribution is -0.133. The number of carbonyl (C=O) groups is 3. The summed E-state index contributed by atoms with van der Waals surface area (Å²) in [6.07, 6.45) is 5.60. The van der Waals surface area contributed by atoms with E-state index < -0.39 is 47.1 Å². The number of Topliss-reactive ketones (excluding diaryl/α,β-unsaturated/α-hetero) is 3. The fourth-order valence-corrected chi connectivity index (χ4v) is 10.4. The smallest absolute Gasteiger partial charge is 0.167 e. The van der Waals surface area contributed by atoms with Crippen molar-refractivity contribution in [2.45, 2.75) is 64.2 Å². The van der Waals surface area contributed by atoms with Crippen LogP contribution < -0.4 is 0 Å². The molecule has 6 atom stereocenters. The first-order chi connectivity index (χ1) is 30.6. The number of carbonyl (C=O) groups excluding carboxylic acids is 3. The number of ketones is 3. The molecule has 2 aliphatic rings. The van der Waals surface area contributed by atoms with Crippen LogP contribution in [0.5, 0.6) is 11.5 Å². The van der Waals surface area contributed by atoms with Gasteiger partial charge in [-0.2, -0.15) is 0 Å². The number of phenolic OH excluding ortho intramolecular Hbond substituents is 2. The lowest BCUT2D eigenvalue weighted by Gasteiger charge is -2.48. The van der Waals surface area contributed by atoms with E-state index in [9.17, 15) is 19.8 Å². The maximum absolute atomic E-state index is 16.3. The second kappa shape index (κ2) is 22.4. The van der Waals surface area contributed by atoms with E-state index in [1.807, 2.05) is 40.3 Å². The van der Waals surface area contributed by atoms with Crippen LogP contribution in [0.25, 0.3) is 0 Å². The molecule has 3 unspecified atom stereocenters. The molecule has 0 aliphatic carbocycles. The molecular weight excluding hydrogens is 811 g/mol. The van der Waals surface area contributed by atoms with E-state index in [-0.39, 0.29) is 28.8 Å². The summed E-state index contributed by atoms with van der Waals surface area (Å²) in [5, 5.41) is 21.1. The molecule has 0 spiro atoms. The highest BCUT2D eigenvalue weighted by atomic mass is 19.1. The average Bonchev–Trinajstić information content (AvgIpc) is 3.26. The fraction of sp³-hybridized carbons (Fsp3) is 0.491. The van der Waals surface area contributed by atoms with Crippen molar-refractivity contribution >= 4 is 17.3 Å². The van der Waals surface area contributed by atoms with Gasteiger partial charge in [0.15, 0.2) is 11.6 Å². The number of likely N-dealkylation sites (tertiary alicyclic amines) is 2. The molecule has 0 bridgehead atoms. The quantitative estimate of drug-likeness (QED) is 0.0667. The van der Waals surface area contributed by atoms with Crippen LogP contribution in [0.1, 0.15) is 93.3 Å². The summed E-state index contributed by atoms with van der Waals surface area (Å²) >= 11 is 0. The lowest BCUT2D eigenvalue weighted by atomic mass is 9.62. The van der Waals surface area contributed by atoms with E-state index in [1.165, 1.54) is 36.4 Å². The minimum atomic E-state index is -0.805. The van der Waals surface area contributed by atoms with E-state index in [4.69, 9.17) is 0 Å². The number of nitrogens with zero attached hydrogens (tertiary/aromatic N) is 4. The predicted octanol–water partition coefficient (Wildman–Crippen LogP) is 8.75. The number of benzene rings is 4. The van der Waals surface area contributed by atoms with Gasteiger partial charge in [0.2, 0.25) is 0 Å². The second-order valence-corrected chi connectivity index (χ2v) is 18.9. The predicted molar refractivity (Wildman–Crippen MR) is 249 cm³/mol. The van der Waals surface area contributed by atoms with Crippen LogP contribution in [0.3, 0.4) is 0 Å². The van der Waals surface area contributed by atoms with Crippen molar-refractivity contribution in [3.63, 3.8) is 0 Å². The molecule has 11 heteroatoms. The molecule has 4 aromatic rings. The van der Waals surface area contributed by atoms with Gasteiger partial charge in [0.05, 0.1) is 0 Å². The summed E-state index contributed by atoms with van der Waals surface area (Å²) in [7, 11) is 8.19. The molecule has 0 radical (unpaired) electrons. The van der Waals surface area contributed by atoms with Crippen molar-refractivity contribution in [2.24, 2.45) is 23.7 Å². The summed E-state index contributed by atoms with van der Waals surface area (Å²) in [4.78, 5) is 54.9. The van der Waals surface area contributed by atoms with Crippen LogP contribution in [-0.4, -0.2) is 128 Å². The second-order valence-electron chi connectivity index (χ2n) is 18.9. The highest BCUT2D eigenvalue weighted by Crippen LogP contribution is 2.48. The summed E-state index contributed by atoms with van der Waals surface area (Å²) in [5.41, 5.74) is 2.53. The SMILES string of the molecule is Cc1c(F)cccc1C1C(C(=O)c2cccc(O)c2)CN(CCCCCN(C)C)CC1C(=O)[C@@H]1CN(CCCCCN(C)C)C[C@H](C(=O)c2cccc(O)c2)[C@@H]1c1cccc(F)c1C. The number of aromatic hydroxyl groups is 2.